The first-order valence-corrected chi connectivity index (χ1v) is 9.48. The highest BCUT2D eigenvalue weighted by atomic mass is 19.1. The van der Waals surface area contributed by atoms with Gasteiger partial charge in [0.05, 0.1) is 0 Å². The van der Waals surface area contributed by atoms with Crippen molar-refractivity contribution in [3.05, 3.63) is 59.9 Å². The lowest BCUT2D eigenvalue weighted by molar-refractivity contribution is 0.0956. The van der Waals surface area contributed by atoms with E-state index in [1.54, 1.807) is 36.4 Å². The van der Waals surface area contributed by atoms with Crippen LogP contribution in [0.1, 0.15) is 23.7 Å². The molecule has 1 atom stereocenters. The summed E-state index contributed by atoms with van der Waals surface area (Å²) in [5.41, 5.74) is 2.19. The molecule has 0 aliphatic carbocycles. The van der Waals surface area contributed by atoms with Crippen LogP contribution in [0.25, 0.3) is 0 Å². The third kappa shape index (κ3) is 5.22. The molecule has 0 radical (unpaired) electrons. The van der Waals surface area contributed by atoms with Crippen molar-refractivity contribution in [2.75, 3.05) is 36.4 Å². The maximum absolute atomic E-state index is 13.0. The summed E-state index contributed by atoms with van der Waals surface area (Å²) in [4.78, 5) is 26.1. The molecule has 1 aliphatic rings. The summed E-state index contributed by atoms with van der Waals surface area (Å²) in [6, 6.07) is 13.0. The van der Waals surface area contributed by atoms with E-state index >= 15 is 0 Å². The normalized spacial score (nSPS) is 15.9. The minimum Gasteiger partial charge on any atom is -0.371 e. The van der Waals surface area contributed by atoms with E-state index in [4.69, 9.17) is 0 Å². The van der Waals surface area contributed by atoms with Gasteiger partial charge in [-0.3, -0.25) is 4.79 Å². The molecule has 3 rings (SSSR count). The Morgan fingerprint density at radius 3 is 2.46 bits per heavy atom. The van der Waals surface area contributed by atoms with Crippen molar-refractivity contribution in [3.63, 3.8) is 0 Å². The molecule has 1 heterocycles. The second-order valence-corrected chi connectivity index (χ2v) is 6.85. The van der Waals surface area contributed by atoms with Gasteiger partial charge in [-0.15, -0.1) is 0 Å². The topological polar surface area (TPSA) is 73.5 Å². The Kier molecular flexibility index (Phi) is 6.47. The van der Waals surface area contributed by atoms with Crippen molar-refractivity contribution < 1.29 is 14.0 Å². The van der Waals surface area contributed by atoms with Gasteiger partial charge < -0.3 is 20.9 Å². The van der Waals surface area contributed by atoms with Gasteiger partial charge in [-0.1, -0.05) is 0 Å². The van der Waals surface area contributed by atoms with Gasteiger partial charge in [-0.05, 0) is 67.8 Å². The van der Waals surface area contributed by atoms with Gasteiger partial charge in [0.25, 0.3) is 5.91 Å². The fourth-order valence-corrected chi connectivity index (χ4v) is 3.27. The third-order valence-corrected chi connectivity index (χ3v) is 4.77. The van der Waals surface area contributed by atoms with Gasteiger partial charge in [0, 0.05) is 43.1 Å². The molecule has 0 bridgehead atoms. The molecular formula is C21H25FN4O2. The van der Waals surface area contributed by atoms with Gasteiger partial charge in [0.15, 0.2) is 0 Å². The lowest BCUT2D eigenvalue weighted by atomic mass is 10.1. The zero-order valence-electron chi connectivity index (χ0n) is 15.9. The highest BCUT2D eigenvalue weighted by Crippen LogP contribution is 2.23. The predicted molar refractivity (Wildman–Crippen MR) is 108 cm³/mol. The number of carbonyl (C=O) groups is 2. The van der Waals surface area contributed by atoms with Gasteiger partial charge in [-0.2, -0.15) is 0 Å². The van der Waals surface area contributed by atoms with Crippen LogP contribution < -0.4 is 20.9 Å². The molecular weight excluding hydrogens is 359 g/mol. The van der Waals surface area contributed by atoms with Crippen LogP contribution in [0.15, 0.2) is 48.5 Å². The Morgan fingerprint density at radius 1 is 1.07 bits per heavy atom. The SMILES string of the molecule is CCNC(=O)c1ccc(NC(=O)NC[C@H]2CCN(c3ccc(F)cc3)C2)cc1. The van der Waals surface area contributed by atoms with Crippen LogP contribution in [0.4, 0.5) is 20.6 Å². The molecule has 3 amide bonds. The van der Waals surface area contributed by atoms with Crippen molar-refractivity contribution in [2.24, 2.45) is 5.92 Å². The molecule has 28 heavy (non-hydrogen) atoms. The number of carbonyl (C=O) groups excluding carboxylic acids is 2. The first kappa shape index (κ1) is 19.7. The lowest BCUT2D eigenvalue weighted by Crippen LogP contribution is -2.34. The van der Waals surface area contributed by atoms with E-state index in [-0.39, 0.29) is 17.8 Å². The summed E-state index contributed by atoms with van der Waals surface area (Å²) in [6.07, 6.45) is 0.971. The number of nitrogens with zero attached hydrogens (tertiary/aromatic N) is 1. The molecule has 0 saturated carbocycles. The summed E-state index contributed by atoms with van der Waals surface area (Å²) >= 11 is 0. The molecule has 7 heteroatoms. The van der Waals surface area contributed by atoms with Gasteiger partial charge in [0.2, 0.25) is 0 Å². The van der Waals surface area contributed by atoms with Crippen molar-refractivity contribution >= 4 is 23.3 Å². The van der Waals surface area contributed by atoms with E-state index in [0.717, 1.165) is 25.2 Å². The van der Waals surface area contributed by atoms with Crippen LogP contribution in [0.3, 0.4) is 0 Å². The van der Waals surface area contributed by atoms with Crippen molar-refractivity contribution in [2.45, 2.75) is 13.3 Å². The molecule has 0 unspecified atom stereocenters. The van der Waals surface area contributed by atoms with E-state index in [9.17, 15) is 14.0 Å². The summed E-state index contributed by atoms with van der Waals surface area (Å²) in [7, 11) is 0. The van der Waals surface area contributed by atoms with Crippen LogP contribution in [0.2, 0.25) is 0 Å². The molecule has 1 saturated heterocycles. The van der Waals surface area contributed by atoms with Gasteiger partial charge in [-0.25, -0.2) is 9.18 Å². The van der Waals surface area contributed by atoms with E-state index in [1.165, 1.54) is 12.1 Å². The number of urea groups is 1. The third-order valence-electron chi connectivity index (χ3n) is 4.77. The Balaban J connectivity index is 1.43. The Hall–Kier alpha value is -3.09. The molecule has 0 spiro atoms. The van der Waals surface area contributed by atoms with E-state index in [1.807, 2.05) is 6.92 Å². The summed E-state index contributed by atoms with van der Waals surface area (Å²) in [5, 5.41) is 8.40. The Bertz CT molecular complexity index is 808. The van der Waals surface area contributed by atoms with Crippen molar-refractivity contribution in [3.8, 4) is 0 Å². The van der Waals surface area contributed by atoms with Crippen LogP contribution in [0.5, 0.6) is 0 Å². The number of rotatable bonds is 6. The van der Waals surface area contributed by atoms with Crippen molar-refractivity contribution in [1.82, 2.24) is 10.6 Å². The smallest absolute Gasteiger partial charge is 0.319 e. The number of nitrogens with one attached hydrogen (secondary N) is 3. The fourth-order valence-electron chi connectivity index (χ4n) is 3.27. The number of anilines is 2. The highest BCUT2D eigenvalue weighted by molar-refractivity contribution is 5.95. The van der Waals surface area contributed by atoms with E-state index in [2.05, 4.69) is 20.9 Å². The molecule has 6 nitrogen and oxygen atoms in total. The molecule has 148 valence electrons. The summed E-state index contributed by atoms with van der Waals surface area (Å²) < 4.78 is 13.0. The second-order valence-electron chi connectivity index (χ2n) is 6.85. The van der Waals surface area contributed by atoms with E-state index in [0.29, 0.717) is 30.3 Å². The minimum atomic E-state index is -0.272. The number of hydrogen-bond acceptors (Lipinski definition) is 3. The maximum atomic E-state index is 13.0. The van der Waals surface area contributed by atoms with Crippen LogP contribution in [-0.2, 0) is 0 Å². The fraction of sp³-hybridized carbons (Fsp3) is 0.333. The molecule has 1 fully saturated rings. The zero-order chi connectivity index (χ0) is 19.9. The standard InChI is InChI=1S/C21H25FN4O2/c1-2-23-20(27)16-3-7-18(8-4-16)25-21(28)24-13-15-11-12-26(14-15)19-9-5-17(22)6-10-19/h3-10,15H,2,11-14H2,1H3,(H,23,27)(H2,24,25,28)/t15-/m1/s1. The first-order chi connectivity index (χ1) is 13.5. The Labute approximate surface area is 164 Å². The molecule has 1 aliphatic heterocycles. The van der Waals surface area contributed by atoms with Crippen LogP contribution in [-0.4, -0.2) is 38.1 Å². The monoisotopic (exact) mass is 384 g/mol. The zero-order valence-corrected chi connectivity index (χ0v) is 15.9. The number of halogens is 1. The number of amides is 3. The maximum Gasteiger partial charge on any atom is 0.319 e. The van der Waals surface area contributed by atoms with Gasteiger partial charge >= 0.3 is 6.03 Å². The quantitative estimate of drug-likeness (QED) is 0.716. The van der Waals surface area contributed by atoms with Gasteiger partial charge in [0.1, 0.15) is 5.82 Å². The number of benzene rings is 2. The first-order valence-electron chi connectivity index (χ1n) is 9.48. The summed E-state index contributed by atoms with van der Waals surface area (Å²) in [6.45, 7) is 4.72. The largest absolute Gasteiger partial charge is 0.371 e. The van der Waals surface area contributed by atoms with E-state index < -0.39 is 0 Å². The molecule has 0 aromatic heterocycles. The lowest BCUT2D eigenvalue weighted by Gasteiger charge is -2.19. The molecule has 2 aromatic carbocycles. The number of hydrogen-bond donors (Lipinski definition) is 3. The second kappa shape index (κ2) is 9.21. The van der Waals surface area contributed by atoms with Crippen LogP contribution in [0, 0.1) is 11.7 Å². The van der Waals surface area contributed by atoms with Crippen molar-refractivity contribution in [1.29, 1.82) is 0 Å². The average molecular weight is 384 g/mol. The minimum absolute atomic E-state index is 0.134. The highest BCUT2D eigenvalue weighted by Gasteiger charge is 2.23. The Morgan fingerprint density at radius 2 is 1.79 bits per heavy atom. The predicted octanol–water partition coefficient (Wildman–Crippen LogP) is 3.22. The molecule has 2 aromatic rings. The van der Waals surface area contributed by atoms with Crippen LogP contribution >= 0.6 is 0 Å². The molecule has 3 N–H and O–H groups in total. The summed E-state index contributed by atoms with van der Waals surface area (Å²) in [5.74, 6) is -0.0294. The average Bonchev–Trinajstić information content (AvgIpc) is 3.17.